The minimum absolute atomic E-state index is 0.249. The fraction of sp³-hybridized carbons (Fsp3) is 1.00. The van der Waals surface area contributed by atoms with Crippen molar-refractivity contribution in [3.63, 3.8) is 0 Å². The summed E-state index contributed by atoms with van der Waals surface area (Å²) in [5, 5.41) is 0. The van der Waals surface area contributed by atoms with Gasteiger partial charge in [-0.3, -0.25) is 0 Å². The zero-order valence-electron chi connectivity index (χ0n) is 11.1. The maximum Gasteiger partial charge on any atom is 0.0709 e. The Morgan fingerprint density at radius 2 is 2.19 bits per heavy atom. The topological polar surface area (TPSA) is 38.5 Å². The molecule has 1 aliphatic rings. The van der Waals surface area contributed by atoms with E-state index in [0.29, 0.717) is 6.54 Å². The Morgan fingerprint density at radius 3 is 2.75 bits per heavy atom. The molecule has 96 valence electrons. The molecule has 0 aliphatic carbocycles. The fourth-order valence-corrected chi connectivity index (χ4v) is 2.70. The lowest BCUT2D eigenvalue weighted by molar-refractivity contribution is 0.0511. The Morgan fingerprint density at radius 1 is 1.44 bits per heavy atom. The van der Waals surface area contributed by atoms with Crippen molar-refractivity contribution in [3.05, 3.63) is 0 Å². The molecule has 16 heavy (non-hydrogen) atoms. The van der Waals surface area contributed by atoms with Gasteiger partial charge in [0.25, 0.3) is 0 Å². The number of hydrogen-bond acceptors (Lipinski definition) is 3. The highest BCUT2D eigenvalue weighted by Crippen LogP contribution is 2.23. The second kappa shape index (κ2) is 7.25. The molecule has 1 fully saturated rings. The van der Waals surface area contributed by atoms with Gasteiger partial charge in [0.05, 0.1) is 6.10 Å². The molecular formula is C13H28N2O. The molecule has 1 rings (SSSR count). The molecule has 2 unspecified atom stereocenters. The van der Waals surface area contributed by atoms with Crippen molar-refractivity contribution in [2.75, 3.05) is 26.2 Å². The molecule has 1 heterocycles. The van der Waals surface area contributed by atoms with E-state index in [1.54, 1.807) is 0 Å². The van der Waals surface area contributed by atoms with Crippen molar-refractivity contribution < 1.29 is 4.74 Å². The van der Waals surface area contributed by atoms with E-state index in [1.165, 1.54) is 19.4 Å². The molecule has 0 saturated carbocycles. The van der Waals surface area contributed by atoms with Gasteiger partial charge in [-0.2, -0.15) is 0 Å². The van der Waals surface area contributed by atoms with Gasteiger partial charge in [0, 0.05) is 25.7 Å². The largest absolute Gasteiger partial charge is 0.377 e. The fourth-order valence-electron chi connectivity index (χ4n) is 2.70. The van der Waals surface area contributed by atoms with E-state index in [0.717, 1.165) is 31.5 Å². The average Bonchev–Trinajstić information content (AvgIpc) is 2.72. The van der Waals surface area contributed by atoms with Crippen LogP contribution in [0.25, 0.3) is 0 Å². The number of ether oxygens (including phenoxy) is 1. The number of rotatable bonds is 7. The van der Waals surface area contributed by atoms with Gasteiger partial charge in [-0.15, -0.1) is 0 Å². The molecule has 0 aromatic carbocycles. The summed E-state index contributed by atoms with van der Waals surface area (Å²) < 4.78 is 5.59. The monoisotopic (exact) mass is 228 g/mol. The van der Waals surface area contributed by atoms with Crippen LogP contribution < -0.4 is 5.73 Å². The second-order valence-electron chi connectivity index (χ2n) is 5.09. The molecule has 2 N–H and O–H groups in total. The highest BCUT2D eigenvalue weighted by molar-refractivity contribution is 4.82. The summed E-state index contributed by atoms with van der Waals surface area (Å²) in [5.74, 6) is 0.769. The molecule has 3 heteroatoms. The minimum atomic E-state index is 0.249. The highest BCUT2D eigenvalue weighted by Gasteiger charge is 2.26. The lowest BCUT2D eigenvalue weighted by Crippen LogP contribution is -2.37. The third-order valence-corrected chi connectivity index (χ3v) is 3.59. The Bertz CT molecular complexity index is 185. The molecule has 0 aromatic heterocycles. The predicted molar refractivity (Wildman–Crippen MR) is 68.5 cm³/mol. The summed E-state index contributed by atoms with van der Waals surface area (Å²) in [4.78, 5) is 2.62. The zero-order valence-corrected chi connectivity index (χ0v) is 11.1. The Balaban J connectivity index is 2.30. The molecule has 0 aromatic rings. The van der Waals surface area contributed by atoms with Gasteiger partial charge in [-0.05, 0) is 38.6 Å². The molecular weight excluding hydrogens is 200 g/mol. The quantitative estimate of drug-likeness (QED) is 0.723. The second-order valence-corrected chi connectivity index (χ2v) is 5.09. The van der Waals surface area contributed by atoms with Crippen LogP contribution in [0.3, 0.4) is 0 Å². The molecule has 0 spiro atoms. The van der Waals surface area contributed by atoms with E-state index in [-0.39, 0.29) is 6.10 Å². The standard InChI is InChI=1S/C13H28N2O/c1-4-16-12(10-14)7-9-15-8-5-6-13(15)11(2)3/h11-13H,4-10,14H2,1-3H3. The molecule has 1 saturated heterocycles. The van der Waals surface area contributed by atoms with E-state index < -0.39 is 0 Å². The van der Waals surface area contributed by atoms with Crippen LogP contribution in [0.4, 0.5) is 0 Å². The van der Waals surface area contributed by atoms with Gasteiger partial charge in [-0.1, -0.05) is 13.8 Å². The van der Waals surface area contributed by atoms with Crippen LogP contribution in [-0.2, 0) is 4.74 Å². The molecule has 0 radical (unpaired) electrons. The Labute approximate surface area is 100 Å². The number of nitrogens with two attached hydrogens (primary N) is 1. The summed E-state index contributed by atoms with van der Waals surface area (Å²) in [7, 11) is 0. The van der Waals surface area contributed by atoms with Gasteiger partial charge < -0.3 is 15.4 Å². The summed E-state index contributed by atoms with van der Waals surface area (Å²) in [6, 6.07) is 0.778. The third-order valence-electron chi connectivity index (χ3n) is 3.59. The molecule has 1 aliphatic heterocycles. The van der Waals surface area contributed by atoms with Crippen molar-refractivity contribution in [1.82, 2.24) is 4.90 Å². The van der Waals surface area contributed by atoms with Crippen LogP contribution in [0, 0.1) is 5.92 Å². The van der Waals surface area contributed by atoms with Crippen molar-refractivity contribution >= 4 is 0 Å². The number of nitrogens with zero attached hydrogens (tertiary/aromatic N) is 1. The van der Waals surface area contributed by atoms with E-state index in [2.05, 4.69) is 18.7 Å². The highest BCUT2D eigenvalue weighted by atomic mass is 16.5. The van der Waals surface area contributed by atoms with E-state index >= 15 is 0 Å². The molecule has 3 nitrogen and oxygen atoms in total. The summed E-state index contributed by atoms with van der Waals surface area (Å²) in [5.41, 5.74) is 5.69. The Kier molecular flexibility index (Phi) is 6.32. The summed E-state index contributed by atoms with van der Waals surface area (Å²) >= 11 is 0. The van der Waals surface area contributed by atoms with Crippen LogP contribution >= 0.6 is 0 Å². The average molecular weight is 228 g/mol. The van der Waals surface area contributed by atoms with Crippen molar-refractivity contribution in [3.8, 4) is 0 Å². The maximum atomic E-state index is 5.69. The maximum absolute atomic E-state index is 5.69. The van der Waals surface area contributed by atoms with Gasteiger partial charge in [0.15, 0.2) is 0 Å². The van der Waals surface area contributed by atoms with Crippen molar-refractivity contribution in [2.24, 2.45) is 11.7 Å². The zero-order chi connectivity index (χ0) is 12.0. The van der Waals surface area contributed by atoms with Crippen LogP contribution in [0.5, 0.6) is 0 Å². The summed E-state index contributed by atoms with van der Waals surface area (Å²) in [6.07, 6.45) is 4.04. The first-order chi connectivity index (χ1) is 7.69. The van der Waals surface area contributed by atoms with E-state index in [4.69, 9.17) is 10.5 Å². The van der Waals surface area contributed by atoms with Crippen molar-refractivity contribution in [2.45, 2.75) is 52.2 Å². The summed E-state index contributed by atoms with van der Waals surface area (Å²) in [6.45, 7) is 10.5. The first kappa shape index (κ1) is 13.9. The lowest BCUT2D eigenvalue weighted by Gasteiger charge is -2.28. The van der Waals surface area contributed by atoms with E-state index in [9.17, 15) is 0 Å². The van der Waals surface area contributed by atoms with Crippen LogP contribution in [0.1, 0.15) is 40.0 Å². The van der Waals surface area contributed by atoms with Crippen LogP contribution in [-0.4, -0.2) is 43.3 Å². The molecule has 2 atom stereocenters. The minimum Gasteiger partial charge on any atom is -0.377 e. The lowest BCUT2D eigenvalue weighted by atomic mass is 10.0. The van der Waals surface area contributed by atoms with Crippen molar-refractivity contribution in [1.29, 1.82) is 0 Å². The normalized spacial score (nSPS) is 24.2. The van der Waals surface area contributed by atoms with E-state index in [1.807, 2.05) is 6.92 Å². The third kappa shape index (κ3) is 4.04. The van der Waals surface area contributed by atoms with Crippen LogP contribution in [0.2, 0.25) is 0 Å². The first-order valence-electron chi connectivity index (χ1n) is 6.74. The molecule has 0 bridgehead atoms. The Hall–Kier alpha value is -0.120. The van der Waals surface area contributed by atoms with Gasteiger partial charge in [0.1, 0.15) is 0 Å². The number of hydrogen-bond donors (Lipinski definition) is 1. The smallest absolute Gasteiger partial charge is 0.0709 e. The molecule has 0 amide bonds. The number of likely N-dealkylation sites (tertiary alicyclic amines) is 1. The SMILES string of the molecule is CCOC(CN)CCN1CCCC1C(C)C. The first-order valence-corrected chi connectivity index (χ1v) is 6.74. The van der Waals surface area contributed by atoms with Gasteiger partial charge >= 0.3 is 0 Å². The van der Waals surface area contributed by atoms with Gasteiger partial charge in [0.2, 0.25) is 0 Å². The van der Waals surface area contributed by atoms with Gasteiger partial charge in [-0.25, -0.2) is 0 Å². The predicted octanol–water partition coefficient (Wildman–Crippen LogP) is 1.86. The van der Waals surface area contributed by atoms with Crippen LogP contribution in [0.15, 0.2) is 0 Å².